The van der Waals surface area contributed by atoms with E-state index in [1.165, 1.54) is 0 Å². The number of carbonyl (C=O) groups is 2. The molecule has 4 rings (SSSR count). The van der Waals surface area contributed by atoms with Crippen molar-refractivity contribution in [2.75, 3.05) is 46.5 Å². The number of Topliss-reactive ketones (excluding diaryl/α,β-unsaturated/α-hetero) is 1. The van der Waals surface area contributed by atoms with E-state index in [2.05, 4.69) is 9.88 Å². The maximum absolute atomic E-state index is 13.1. The van der Waals surface area contributed by atoms with E-state index in [4.69, 9.17) is 9.47 Å². The number of aryl methyl sites for hydroxylation is 1. The van der Waals surface area contributed by atoms with Crippen molar-refractivity contribution in [3.8, 4) is 5.75 Å². The summed E-state index contributed by atoms with van der Waals surface area (Å²) in [4.78, 5) is 34.2. The van der Waals surface area contributed by atoms with Gasteiger partial charge in [-0.1, -0.05) is 6.07 Å². The second kappa shape index (κ2) is 10.1. The van der Waals surface area contributed by atoms with Gasteiger partial charge in [-0.2, -0.15) is 0 Å². The van der Waals surface area contributed by atoms with Crippen LogP contribution in [-0.2, 0) is 14.3 Å². The topological polar surface area (TPSA) is 92.2 Å². The fourth-order valence-corrected chi connectivity index (χ4v) is 4.46. The number of pyridine rings is 1. The zero-order chi connectivity index (χ0) is 23.4. The number of morpholine rings is 1. The van der Waals surface area contributed by atoms with Crippen molar-refractivity contribution in [2.45, 2.75) is 19.4 Å². The van der Waals surface area contributed by atoms with Crippen LogP contribution in [0.5, 0.6) is 5.75 Å². The quantitative estimate of drug-likeness (QED) is 0.393. The standard InChI is InChI=1S/C25H29N3O5/c1-17-15-19(32-2)6-7-20(17)23(29)21-22(18-5-3-8-26-16-18)28(25(31)24(21)30)10-4-9-27-11-13-33-14-12-27/h3,5-8,15-16,22,29H,4,9-14H2,1-2H3/b23-21+/t22-/m1/s1. The lowest BCUT2D eigenvalue weighted by Crippen LogP contribution is -2.39. The molecule has 0 aliphatic carbocycles. The number of methoxy groups -OCH3 is 1. The summed E-state index contributed by atoms with van der Waals surface area (Å²) in [5.41, 5.74) is 2.02. The molecular weight excluding hydrogens is 422 g/mol. The van der Waals surface area contributed by atoms with Gasteiger partial charge in [-0.3, -0.25) is 19.5 Å². The fourth-order valence-electron chi connectivity index (χ4n) is 4.46. The Morgan fingerprint density at radius 1 is 1.21 bits per heavy atom. The molecule has 174 valence electrons. The number of nitrogens with zero attached hydrogens (tertiary/aromatic N) is 3. The highest BCUT2D eigenvalue weighted by Crippen LogP contribution is 2.40. The molecule has 1 atom stereocenters. The maximum atomic E-state index is 13.1. The maximum Gasteiger partial charge on any atom is 0.295 e. The zero-order valence-corrected chi connectivity index (χ0v) is 19.0. The number of amides is 1. The minimum Gasteiger partial charge on any atom is -0.507 e. The Morgan fingerprint density at radius 2 is 2.00 bits per heavy atom. The van der Waals surface area contributed by atoms with Gasteiger partial charge in [0.1, 0.15) is 11.5 Å². The van der Waals surface area contributed by atoms with Crippen molar-refractivity contribution >= 4 is 17.4 Å². The van der Waals surface area contributed by atoms with Crippen LogP contribution in [0.4, 0.5) is 0 Å². The first-order valence-corrected chi connectivity index (χ1v) is 11.1. The van der Waals surface area contributed by atoms with Gasteiger partial charge in [-0.15, -0.1) is 0 Å². The number of hydrogen-bond acceptors (Lipinski definition) is 7. The second-order valence-corrected chi connectivity index (χ2v) is 8.27. The van der Waals surface area contributed by atoms with Crippen LogP contribution in [0.1, 0.15) is 29.2 Å². The lowest BCUT2D eigenvalue weighted by Gasteiger charge is -2.29. The number of aliphatic hydroxyl groups is 1. The number of likely N-dealkylation sites (tertiary alicyclic amines) is 1. The van der Waals surface area contributed by atoms with Crippen LogP contribution in [-0.4, -0.2) is 78.1 Å². The van der Waals surface area contributed by atoms with Crippen LogP contribution in [0.3, 0.4) is 0 Å². The summed E-state index contributed by atoms with van der Waals surface area (Å²) in [5.74, 6) is -0.809. The molecule has 2 aliphatic heterocycles. The molecule has 2 saturated heterocycles. The van der Waals surface area contributed by atoms with Crippen LogP contribution in [0.25, 0.3) is 5.76 Å². The van der Waals surface area contributed by atoms with E-state index in [1.807, 2.05) is 13.0 Å². The van der Waals surface area contributed by atoms with Crippen LogP contribution in [0, 0.1) is 6.92 Å². The average molecular weight is 452 g/mol. The van der Waals surface area contributed by atoms with Crippen molar-refractivity contribution < 1.29 is 24.2 Å². The monoisotopic (exact) mass is 451 g/mol. The molecule has 1 aromatic carbocycles. The first-order valence-electron chi connectivity index (χ1n) is 11.1. The van der Waals surface area contributed by atoms with Crippen molar-refractivity contribution in [2.24, 2.45) is 0 Å². The first kappa shape index (κ1) is 22.9. The Morgan fingerprint density at radius 3 is 2.67 bits per heavy atom. The van der Waals surface area contributed by atoms with Gasteiger partial charge in [0.25, 0.3) is 11.7 Å². The summed E-state index contributed by atoms with van der Waals surface area (Å²) in [6, 6.07) is 8.11. The molecule has 0 bridgehead atoms. The third-order valence-electron chi connectivity index (χ3n) is 6.21. The number of rotatable bonds is 7. The minimum atomic E-state index is -0.690. The molecule has 2 aliphatic rings. The van der Waals surface area contributed by atoms with Gasteiger partial charge >= 0.3 is 0 Å². The third-order valence-corrected chi connectivity index (χ3v) is 6.21. The van der Waals surface area contributed by atoms with Crippen LogP contribution in [0.15, 0.2) is 48.3 Å². The molecule has 33 heavy (non-hydrogen) atoms. The van der Waals surface area contributed by atoms with Crippen molar-refractivity contribution in [3.05, 3.63) is 65.0 Å². The number of ether oxygens (including phenoxy) is 2. The SMILES string of the molecule is COc1ccc(/C(O)=C2\C(=O)C(=O)N(CCCN3CCOCC3)[C@@H]2c2cccnc2)c(C)c1. The fraction of sp³-hybridized carbons (Fsp3) is 0.400. The Kier molecular flexibility index (Phi) is 7.05. The number of benzene rings is 1. The van der Waals surface area contributed by atoms with Gasteiger partial charge in [0.15, 0.2) is 0 Å². The molecule has 1 N–H and O–H groups in total. The Labute approximate surface area is 193 Å². The largest absolute Gasteiger partial charge is 0.507 e. The lowest BCUT2D eigenvalue weighted by atomic mass is 9.94. The van der Waals surface area contributed by atoms with Crippen LogP contribution < -0.4 is 4.74 Å². The highest BCUT2D eigenvalue weighted by molar-refractivity contribution is 6.46. The molecule has 1 aromatic heterocycles. The van der Waals surface area contributed by atoms with E-state index in [-0.39, 0.29) is 11.3 Å². The highest BCUT2D eigenvalue weighted by Gasteiger charge is 2.46. The van der Waals surface area contributed by atoms with Gasteiger partial charge in [0.2, 0.25) is 0 Å². The lowest BCUT2D eigenvalue weighted by molar-refractivity contribution is -0.140. The highest BCUT2D eigenvalue weighted by atomic mass is 16.5. The van der Waals surface area contributed by atoms with Gasteiger partial charge in [-0.25, -0.2) is 0 Å². The van der Waals surface area contributed by atoms with Crippen molar-refractivity contribution in [1.82, 2.24) is 14.8 Å². The summed E-state index contributed by atoms with van der Waals surface area (Å²) in [5, 5.41) is 11.2. The zero-order valence-electron chi connectivity index (χ0n) is 19.0. The number of ketones is 1. The Balaban J connectivity index is 1.67. The molecule has 3 heterocycles. The van der Waals surface area contributed by atoms with Crippen molar-refractivity contribution in [1.29, 1.82) is 0 Å². The molecule has 0 radical (unpaired) electrons. The molecule has 0 unspecified atom stereocenters. The van der Waals surface area contributed by atoms with Gasteiger partial charge < -0.3 is 19.5 Å². The van der Waals surface area contributed by atoms with Gasteiger partial charge in [0.05, 0.1) is 31.9 Å². The minimum absolute atomic E-state index is 0.0904. The normalized spacial score (nSPS) is 20.9. The van der Waals surface area contributed by atoms with Gasteiger partial charge in [0, 0.05) is 44.1 Å². The van der Waals surface area contributed by atoms with E-state index >= 15 is 0 Å². The number of carbonyl (C=O) groups excluding carboxylic acids is 2. The Bertz CT molecular complexity index is 1050. The van der Waals surface area contributed by atoms with E-state index in [9.17, 15) is 14.7 Å². The van der Waals surface area contributed by atoms with E-state index < -0.39 is 17.7 Å². The molecule has 8 nitrogen and oxygen atoms in total. The number of hydrogen-bond donors (Lipinski definition) is 1. The van der Waals surface area contributed by atoms with Gasteiger partial charge in [-0.05, 0) is 48.7 Å². The summed E-state index contributed by atoms with van der Waals surface area (Å²) in [6.45, 7) is 6.19. The van der Waals surface area contributed by atoms with E-state index in [0.29, 0.717) is 43.1 Å². The smallest absolute Gasteiger partial charge is 0.295 e. The predicted molar refractivity (Wildman–Crippen MR) is 123 cm³/mol. The first-order chi connectivity index (χ1) is 16.0. The predicted octanol–water partition coefficient (Wildman–Crippen LogP) is 2.54. The molecular formula is C25H29N3O5. The van der Waals surface area contributed by atoms with Crippen LogP contribution in [0.2, 0.25) is 0 Å². The second-order valence-electron chi connectivity index (χ2n) is 8.27. The molecule has 0 saturated carbocycles. The molecule has 0 spiro atoms. The Hall–Kier alpha value is -3.23. The molecule has 2 aromatic rings. The third kappa shape index (κ3) is 4.77. The van der Waals surface area contributed by atoms with Crippen LogP contribution >= 0.6 is 0 Å². The summed E-state index contributed by atoms with van der Waals surface area (Å²) in [6.07, 6.45) is 3.99. The summed E-state index contributed by atoms with van der Waals surface area (Å²) in [7, 11) is 1.57. The van der Waals surface area contributed by atoms with E-state index in [0.717, 1.165) is 25.2 Å². The number of aliphatic hydroxyl groups excluding tert-OH is 1. The number of aromatic nitrogens is 1. The summed E-state index contributed by atoms with van der Waals surface area (Å²) < 4.78 is 10.6. The summed E-state index contributed by atoms with van der Waals surface area (Å²) >= 11 is 0. The molecule has 2 fully saturated rings. The van der Waals surface area contributed by atoms with E-state index in [1.54, 1.807) is 48.7 Å². The average Bonchev–Trinajstić information content (AvgIpc) is 3.10. The molecule has 8 heteroatoms. The molecule has 1 amide bonds. The van der Waals surface area contributed by atoms with Crippen molar-refractivity contribution in [3.63, 3.8) is 0 Å².